The van der Waals surface area contributed by atoms with Crippen molar-refractivity contribution in [2.24, 2.45) is 5.41 Å². The number of rotatable bonds is 5. The molecule has 1 aliphatic heterocycles. The first kappa shape index (κ1) is 19.2. The first-order valence-corrected chi connectivity index (χ1v) is 10.7. The minimum Gasteiger partial charge on any atom is -0.388 e. The normalized spacial score (nSPS) is 26.0. The van der Waals surface area contributed by atoms with Gasteiger partial charge >= 0.3 is 0 Å². The summed E-state index contributed by atoms with van der Waals surface area (Å²) < 4.78 is 0. The molecule has 0 radical (unpaired) electrons. The molecule has 148 valence electrons. The SMILES string of the molecule is Cc1ccccc1C1CCC2(CC1)CCN(CC[C@@H](O)c1ccccc1)C2=O. The van der Waals surface area contributed by atoms with Gasteiger partial charge in [0.15, 0.2) is 0 Å². The van der Waals surface area contributed by atoms with Gasteiger partial charge in [-0.3, -0.25) is 4.79 Å². The van der Waals surface area contributed by atoms with Gasteiger partial charge in [0.25, 0.3) is 0 Å². The number of hydrogen-bond donors (Lipinski definition) is 1. The number of amides is 1. The van der Waals surface area contributed by atoms with Crippen molar-refractivity contribution in [3.63, 3.8) is 0 Å². The zero-order chi connectivity index (χ0) is 19.6. The molecule has 1 saturated carbocycles. The molecule has 1 saturated heterocycles. The third-order valence-electron chi connectivity index (χ3n) is 7.03. The first-order valence-electron chi connectivity index (χ1n) is 10.7. The van der Waals surface area contributed by atoms with Crippen molar-refractivity contribution < 1.29 is 9.90 Å². The first-order chi connectivity index (χ1) is 13.6. The molecule has 2 fully saturated rings. The zero-order valence-corrected chi connectivity index (χ0v) is 16.8. The Hall–Kier alpha value is -2.13. The summed E-state index contributed by atoms with van der Waals surface area (Å²) in [4.78, 5) is 15.2. The number of aryl methyl sites for hydroxylation is 1. The van der Waals surface area contributed by atoms with Crippen molar-refractivity contribution in [3.8, 4) is 0 Å². The highest BCUT2D eigenvalue weighted by Gasteiger charge is 2.48. The molecule has 1 N–H and O–H groups in total. The summed E-state index contributed by atoms with van der Waals surface area (Å²) in [6.07, 6.45) is 5.31. The molecule has 3 nitrogen and oxygen atoms in total. The highest BCUT2D eigenvalue weighted by Crippen LogP contribution is 2.49. The van der Waals surface area contributed by atoms with Gasteiger partial charge in [0.05, 0.1) is 11.5 Å². The summed E-state index contributed by atoms with van der Waals surface area (Å²) in [7, 11) is 0. The van der Waals surface area contributed by atoms with Crippen LogP contribution in [0.1, 0.15) is 67.2 Å². The molecule has 2 aromatic rings. The third kappa shape index (κ3) is 3.73. The van der Waals surface area contributed by atoms with Crippen LogP contribution in [0.5, 0.6) is 0 Å². The monoisotopic (exact) mass is 377 g/mol. The fourth-order valence-corrected chi connectivity index (χ4v) is 5.22. The van der Waals surface area contributed by atoms with Gasteiger partial charge in [-0.1, -0.05) is 54.6 Å². The molecule has 4 rings (SSSR count). The molecule has 28 heavy (non-hydrogen) atoms. The summed E-state index contributed by atoms with van der Waals surface area (Å²) in [5.41, 5.74) is 3.63. The maximum absolute atomic E-state index is 13.2. The van der Waals surface area contributed by atoms with Crippen LogP contribution in [-0.4, -0.2) is 29.0 Å². The Morgan fingerprint density at radius 2 is 1.71 bits per heavy atom. The maximum atomic E-state index is 13.2. The lowest BCUT2D eigenvalue weighted by Gasteiger charge is -2.36. The molecule has 1 amide bonds. The minimum atomic E-state index is -0.498. The Balaban J connectivity index is 1.34. The lowest BCUT2D eigenvalue weighted by molar-refractivity contribution is -0.138. The van der Waals surface area contributed by atoms with E-state index in [1.54, 1.807) is 0 Å². The Morgan fingerprint density at radius 1 is 1.04 bits per heavy atom. The molecule has 1 atom stereocenters. The van der Waals surface area contributed by atoms with E-state index in [0.717, 1.165) is 44.2 Å². The van der Waals surface area contributed by atoms with E-state index in [1.165, 1.54) is 11.1 Å². The lowest BCUT2D eigenvalue weighted by atomic mass is 9.67. The second-order valence-corrected chi connectivity index (χ2v) is 8.67. The smallest absolute Gasteiger partial charge is 0.228 e. The standard InChI is InChI=1S/C25H31NO2/c1-19-7-5-6-10-22(19)20-11-14-25(15-12-20)16-18-26(24(25)28)17-13-23(27)21-8-3-2-4-9-21/h2-10,20,23,27H,11-18H2,1H3/t20?,23-,25?/m1/s1. The van der Waals surface area contributed by atoms with Crippen LogP contribution in [0.4, 0.5) is 0 Å². The average Bonchev–Trinajstić information content (AvgIpc) is 3.03. The van der Waals surface area contributed by atoms with Crippen molar-refractivity contribution in [2.75, 3.05) is 13.1 Å². The second kappa shape index (κ2) is 8.08. The molecule has 0 unspecified atom stereocenters. The van der Waals surface area contributed by atoms with Crippen LogP contribution in [0, 0.1) is 12.3 Å². The zero-order valence-electron chi connectivity index (χ0n) is 16.8. The molecule has 0 aromatic heterocycles. The number of aliphatic hydroxyl groups excluding tert-OH is 1. The van der Waals surface area contributed by atoms with Crippen LogP contribution in [0.3, 0.4) is 0 Å². The van der Waals surface area contributed by atoms with Crippen molar-refractivity contribution in [1.82, 2.24) is 4.90 Å². The van der Waals surface area contributed by atoms with E-state index in [9.17, 15) is 9.90 Å². The van der Waals surface area contributed by atoms with Crippen molar-refractivity contribution in [2.45, 2.75) is 57.5 Å². The van der Waals surface area contributed by atoms with E-state index in [4.69, 9.17) is 0 Å². The summed E-state index contributed by atoms with van der Waals surface area (Å²) in [5, 5.41) is 10.4. The van der Waals surface area contributed by atoms with Gasteiger partial charge in [-0.15, -0.1) is 0 Å². The van der Waals surface area contributed by atoms with E-state index in [-0.39, 0.29) is 5.41 Å². The van der Waals surface area contributed by atoms with E-state index in [1.807, 2.05) is 35.2 Å². The van der Waals surface area contributed by atoms with Crippen LogP contribution in [-0.2, 0) is 4.79 Å². The van der Waals surface area contributed by atoms with Gasteiger partial charge < -0.3 is 10.0 Å². The highest BCUT2D eigenvalue weighted by atomic mass is 16.3. The number of carbonyl (C=O) groups is 1. The van der Waals surface area contributed by atoms with Crippen LogP contribution in [0.25, 0.3) is 0 Å². The molecule has 2 aromatic carbocycles. The second-order valence-electron chi connectivity index (χ2n) is 8.67. The van der Waals surface area contributed by atoms with Crippen LogP contribution < -0.4 is 0 Å². The van der Waals surface area contributed by atoms with Crippen LogP contribution in [0.2, 0.25) is 0 Å². The van der Waals surface area contributed by atoms with E-state index in [0.29, 0.717) is 24.8 Å². The largest absolute Gasteiger partial charge is 0.388 e. The van der Waals surface area contributed by atoms with Crippen molar-refractivity contribution >= 4 is 5.91 Å². The predicted molar refractivity (Wildman–Crippen MR) is 112 cm³/mol. The molecule has 1 aliphatic carbocycles. The van der Waals surface area contributed by atoms with Crippen LogP contribution in [0.15, 0.2) is 54.6 Å². The summed E-state index contributed by atoms with van der Waals surface area (Å²) >= 11 is 0. The van der Waals surface area contributed by atoms with E-state index in [2.05, 4.69) is 31.2 Å². The minimum absolute atomic E-state index is 0.142. The number of likely N-dealkylation sites (tertiary alicyclic amines) is 1. The summed E-state index contributed by atoms with van der Waals surface area (Å²) in [6, 6.07) is 18.4. The van der Waals surface area contributed by atoms with E-state index >= 15 is 0 Å². The average molecular weight is 378 g/mol. The fraction of sp³-hybridized carbons (Fsp3) is 0.480. The topological polar surface area (TPSA) is 40.5 Å². The molecule has 0 bridgehead atoms. The van der Waals surface area contributed by atoms with Gasteiger partial charge in [0, 0.05) is 13.1 Å². The predicted octanol–water partition coefficient (Wildman–Crippen LogP) is 5.00. The number of benzene rings is 2. The van der Waals surface area contributed by atoms with Crippen molar-refractivity contribution in [3.05, 3.63) is 71.3 Å². The summed E-state index contributed by atoms with van der Waals surface area (Å²) in [5.74, 6) is 0.921. The lowest BCUT2D eigenvalue weighted by Crippen LogP contribution is -2.37. The highest BCUT2D eigenvalue weighted by molar-refractivity contribution is 5.85. The Labute approximate surface area is 168 Å². The quantitative estimate of drug-likeness (QED) is 0.797. The van der Waals surface area contributed by atoms with Crippen molar-refractivity contribution in [1.29, 1.82) is 0 Å². The number of hydrogen-bond acceptors (Lipinski definition) is 2. The van der Waals surface area contributed by atoms with Gasteiger partial charge in [0.1, 0.15) is 0 Å². The molecular weight excluding hydrogens is 346 g/mol. The third-order valence-corrected chi connectivity index (χ3v) is 7.03. The Bertz CT molecular complexity index is 808. The fourth-order valence-electron chi connectivity index (χ4n) is 5.22. The number of aliphatic hydroxyl groups is 1. The number of carbonyl (C=O) groups excluding carboxylic acids is 1. The summed E-state index contributed by atoms with van der Waals surface area (Å²) in [6.45, 7) is 3.69. The molecule has 2 aliphatic rings. The molecule has 3 heteroatoms. The Kier molecular flexibility index (Phi) is 5.54. The molecular formula is C25H31NO2. The van der Waals surface area contributed by atoms with Crippen LogP contribution >= 0.6 is 0 Å². The van der Waals surface area contributed by atoms with Gasteiger partial charge in [-0.05, 0) is 68.1 Å². The number of nitrogens with zero attached hydrogens (tertiary/aromatic N) is 1. The van der Waals surface area contributed by atoms with Gasteiger partial charge in [-0.25, -0.2) is 0 Å². The Morgan fingerprint density at radius 3 is 2.43 bits per heavy atom. The molecule has 1 spiro atoms. The maximum Gasteiger partial charge on any atom is 0.228 e. The van der Waals surface area contributed by atoms with Gasteiger partial charge in [-0.2, -0.15) is 0 Å². The van der Waals surface area contributed by atoms with E-state index < -0.39 is 6.10 Å². The van der Waals surface area contributed by atoms with Gasteiger partial charge in [0.2, 0.25) is 5.91 Å². The molecule has 1 heterocycles.